The predicted molar refractivity (Wildman–Crippen MR) is 70.8 cm³/mol. The summed E-state index contributed by atoms with van der Waals surface area (Å²) in [6, 6.07) is 6.47. The second kappa shape index (κ2) is 6.16. The zero-order valence-electron chi connectivity index (χ0n) is 10.6. The van der Waals surface area contributed by atoms with Gasteiger partial charge in [0.25, 0.3) is 0 Å². The Kier molecular flexibility index (Phi) is 4.85. The number of benzene rings is 1. The van der Waals surface area contributed by atoms with Gasteiger partial charge >= 0.3 is 0 Å². The number of hydrogen-bond donors (Lipinski definition) is 3. The number of hydrogen-bond acceptors (Lipinski definition) is 3. The van der Waals surface area contributed by atoms with Crippen molar-refractivity contribution in [3.8, 4) is 0 Å². The van der Waals surface area contributed by atoms with Gasteiger partial charge in [-0.1, -0.05) is 32.0 Å². The zero-order valence-corrected chi connectivity index (χ0v) is 10.6. The number of anilines is 1. The predicted octanol–water partition coefficient (Wildman–Crippen LogP) is 0.636. The molecular weight excluding hydrogens is 230 g/mol. The van der Waals surface area contributed by atoms with Crippen LogP contribution in [0.1, 0.15) is 19.4 Å². The number of primary amides is 1. The van der Waals surface area contributed by atoms with E-state index in [1.165, 1.54) is 0 Å². The van der Waals surface area contributed by atoms with E-state index in [-0.39, 0.29) is 18.2 Å². The average molecular weight is 249 g/mol. The molecule has 0 aliphatic carbocycles. The molecule has 0 fully saturated rings. The fourth-order valence-electron chi connectivity index (χ4n) is 1.50. The third-order valence-electron chi connectivity index (χ3n) is 2.66. The van der Waals surface area contributed by atoms with E-state index >= 15 is 0 Å². The minimum Gasteiger partial charge on any atom is -0.369 e. The van der Waals surface area contributed by atoms with Crippen LogP contribution < -0.4 is 16.8 Å². The lowest BCUT2D eigenvalue weighted by molar-refractivity contribution is -0.118. The van der Waals surface area contributed by atoms with Gasteiger partial charge in [-0.25, -0.2) is 0 Å². The number of amides is 2. The molecule has 98 valence electrons. The van der Waals surface area contributed by atoms with Crippen LogP contribution in [0.25, 0.3) is 0 Å². The molecular formula is C13H19N3O2. The number of rotatable bonds is 5. The second-order valence-corrected chi connectivity index (χ2v) is 4.56. The molecule has 5 N–H and O–H groups in total. The summed E-state index contributed by atoms with van der Waals surface area (Å²) in [4.78, 5) is 22.8. The Labute approximate surface area is 107 Å². The Balaban J connectivity index is 2.84. The maximum absolute atomic E-state index is 11.8. The van der Waals surface area contributed by atoms with Crippen LogP contribution in [0.2, 0.25) is 0 Å². The molecule has 1 rings (SSSR count). The lowest BCUT2D eigenvalue weighted by Crippen LogP contribution is -2.40. The van der Waals surface area contributed by atoms with Gasteiger partial charge in [-0.3, -0.25) is 9.59 Å². The van der Waals surface area contributed by atoms with E-state index < -0.39 is 11.9 Å². The summed E-state index contributed by atoms with van der Waals surface area (Å²) in [6.45, 7) is 3.75. The Hall–Kier alpha value is -1.88. The fourth-order valence-corrected chi connectivity index (χ4v) is 1.50. The minimum absolute atomic E-state index is 0.0494. The van der Waals surface area contributed by atoms with E-state index in [9.17, 15) is 9.59 Å². The van der Waals surface area contributed by atoms with Gasteiger partial charge in [-0.2, -0.15) is 0 Å². The highest BCUT2D eigenvalue weighted by molar-refractivity contribution is 5.96. The molecule has 0 spiro atoms. The normalized spacial score (nSPS) is 12.2. The van der Waals surface area contributed by atoms with E-state index in [2.05, 4.69) is 5.32 Å². The minimum atomic E-state index is -0.577. The van der Waals surface area contributed by atoms with Crippen molar-refractivity contribution in [1.82, 2.24) is 0 Å². The van der Waals surface area contributed by atoms with E-state index in [0.717, 1.165) is 0 Å². The molecule has 2 amide bonds. The number of para-hydroxylation sites is 1. The van der Waals surface area contributed by atoms with Crippen LogP contribution in [0.4, 0.5) is 5.69 Å². The van der Waals surface area contributed by atoms with Crippen molar-refractivity contribution in [2.45, 2.75) is 26.3 Å². The number of nitrogens with one attached hydrogen (secondary N) is 1. The number of carbonyl (C=O) groups excluding carboxylic acids is 2. The van der Waals surface area contributed by atoms with E-state index in [0.29, 0.717) is 11.3 Å². The van der Waals surface area contributed by atoms with Gasteiger partial charge in [0, 0.05) is 5.69 Å². The zero-order chi connectivity index (χ0) is 13.7. The third-order valence-corrected chi connectivity index (χ3v) is 2.66. The van der Waals surface area contributed by atoms with Gasteiger partial charge in [0.15, 0.2) is 0 Å². The summed E-state index contributed by atoms with van der Waals surface area (Å²) >= 11 is 0. The molecule has 1 atom stereocenters. The van der Waals surface area contributed by atoms with Crippen molar-refractivity contribution in [2.24, 2.45) is 17.4 Å². The highest BCUT2D eigenvalue weighted by Gasteiger charge is 2.18. The maximum atomic E-state index is 11.8. The van der Waals surface area contributed by atoms with Crippen molar-refractivity contribution in [3.05, 3.63) is 29.8 Å². The molecule has 0 heterocycles. The van der Waals surface area contributed by atoms with Gasteiger partial charge in [0.2, 0.25) is 11.8 Å². The molecule has 0 aliphatic heterocycles. The average Bonchev–Trinajstić information content (AvgIpc) is 2.29. The van der Waals surface area contributed by atoms with E-state index in [1.54, 1.807) is 24.3 Å². The summed E-state index contributed by atoms with van der Waals surface area (Å²) in [7, 11) is 0. The highest BCUT2D eigenvalue weighted by Crippen LogP contribution is 2.16. The molecule has 5 nitrogen and oxygen atoms in total. The molecule has 5 heteroatoms. The van der Waals surface area contributed by atoms with E-state index in [1.807, 2.05) is 13.8 Å². The van der Waals surface area contributed by atoms with Crippen LogP contribution in [0.3, 0.4) is 0 Å². The van der Waals surface area contributed by atoms with Crippen molar-refractivity contribution >= 4 is 17.5 Å². The molecule has 0 radical (unpaired) electrons. The fraction of sp³-hybridized carbons (Fsp3) is 0.385. The van der Waals surface area contributed by atoms with Crippen molar-refractivity contribution in [1.29, 1.82) is 0 Å². The molecule has 0 aromatic heterocycles. The lowest BCUT2D eigenvalue weighted by atomic mass is 10.0. The molecule has 0 bridgehead atoms. The van der Waals surface area contributed by atoms with Crippen LogP contribution in [-0.4, -0.2) is 17.9 Å². The van der Waals surface area contributed by atoms with Crippen molar-refractivity contribution in [3.63, 3.8) is 0 Å². The SMILES string of the molecule is CC(C)[C@@H](N)C(=O)Nc1ccccc1CC(N)=O. The molecule has 1 aromatic carbocycles. The van der Waals surface area contributed by atoms with Crippen molar-refractivity contribution < 1.29 is 9.59 Å². The highest BCUT2D eigenvalue weighted by atomic mass is 16.2. The van der Waals surface area contributed by atoms with E-state index in [4.69, 9.17) is 11.5 Å². The van der Waals surface area contributed by atoms with Crippen LogP contribution in [-0.2, 0) is 16.0 Å². The standard InChI is InChI=1S/C13H19N3O2/c1-8(2)12(15)13(18)16-10-6-4-3-5-9(10)7-11(14)17/h3-6,8,12H,7,15H2,1-2H3,(H2,14,17)(H,16,18)/t12-/m1/s1. The maximum Gasteiger partial charge on any atom is 0.241 e. The quantitative estimate of drug-likeness (QED) is 0.714. The Morgan fingerprint density at radius 1 is 1.28 bits per heavy atom. The molecule has 18 heavy (non-hydrogen) atoms. The monoisotopic (exact) mass is 249 g/mol. The molecule has 1 aromatic rings. The molecule has 0 saturated heterocycles. The van der Waals surface area contributed by atoms with Crippen molar-refractivity contribution in [2.75, 3.05) is 5.32 Å². The van der Waals surface area contributed by atoms with Gasteiger partial charge in [0.05, 0.1) is 12.5 Å². The third kappa shape index (κ3) is 3.85. The molecule has 0 unspecified atom stereocenters. The van der Waals surface area contributed by atoms with Crippen LogP contribution in [0.5, 0.6) is 0 Å². The van der Waals surface area contributed by atoms with Crippen LogP contribution in [0, 0.1) is 5.92 Å². The first-order valence-electron chi connectivity index (χ1n) is 5.84. The molecule has 0 saturated carbocycles. The smallest absolute Gasteiger partial charge is 0.241 e. The summed E-state index contributed by atoms with van der Waals surface area (Å²) in [5, 5.41) is 2.73. The van der Waals surface area contributed by atoms with Crippen LogP contribution >= 0.6 is 0 Å². The Bertz CT molecular complexity index is 444. The first-order chi connectivity index (χ1) is 8.41. The summed E-state index contributed by atoms with van der Waals surface area (Å²) in [5.41, 5.74) is 12.2. The first-order valence-corrected chi connectivity index (χ1v) is 5.84. The Morgan fingerprint density at radius 3 is 2.44 bits per heavy atom. The first kappa shape index (κ1) is 14.2. The lowest BCUT2D eigenvalue weighted by Gasteiger charge is -2.16. The number of nitrogens with two attached hydrogens (primary N) is 2. The van der Waals surface area contributed by atoms with Gasteiger partial charge in [-0.15, -0.1) is 0 Å². The molecule has 0 aliphatic rings. The topological polar surface area (TPSA) is 98.2 Å². The summed E-state index contributed by atoms with van der Waals surface area (Å²) < 4.78 is 0. The summed E-state index contributed by atoms with van der Waals surface area (Å²) in [5.74, 6) is -0.653. The van der Waals surface area contributed by atoms with Gasteiger partial charge < -0.3 is 16.8 Å². The second-order valence-electron chi connectivity index (χ2n) is 4.56. The Morgan fingerprint density at radius 2 is 1.89 bits per heavy atom. The summed E-state index contributed by atoms with van der Waals surface area (Å²) in [6.07, 6.45) is 0.0906. The largest absolute Gasteiger partial charge is 0.369 e. The number of carbonyl (C=O) groups is 2. The van der Waals surface area contributed by atoms with Gasteiger partial charge in [0.1, 0.15) is 0 Å². The van der Waals surface area contributed by atoms with Crippen LogP contribution in [0.15, 0.2) is 24.3 Å². The van der Waals surface area contributed by atoms with Gasteiger partial charge in [-0.05, 0) is 17.5 Å².